The van der Waals surface area contributed by atoms with Crippen molar-refractivity contribution in [3.05, 3.63) is 30.5 Å². The van der Waals surface area contributed by atoms with Gasteiger partial charge in [-0.3, -0.25) is 4.98 Å². The lowest BCUT2D eigenvalue weighted by molar-refractivity contribution is 0.844. The van der Waals surface area contributed by atoms with Gasteiger partial charge in [-0.2, -0.15) is 11.8 Å². The van der Waals surface area contributed by atoms with E-state index in [-0.39, 0.29) is 0 Å². The van der Waals surface area contributed by atoms with E-state index in [1.54, 1.807) is 0 Å². The predicted octanol–water partition coefficient (Wildman–Crippen LogP) is 3.37. The number of pyridine rings is 1. The van der Waals surface area contributed by atoms with Gasteiger partial charge >= 0.3 is 0 Å². The molecule has 0 saturated carbocycles. The second-order valence-corrected chi connectivity index (χ2v) is 5.25. The number of nitrogen functional groups attached to an aromatic ring is 1. The topological polar surface area (TPSA) is 50.9 Å². The minimum atomic E-state index is 0.757. The van der Waals surface area contributed by atoms with E-state index in [0.29, 0.717) is 0 Å². The van der Waals surface area contributed by atoms with E-state index >= 15 is 0 Å². The number of fused-ring (bicyclic) bond motifs is 1. The van der Waals surface area contributed by atoms with Crippen LogP contribution >= 0.6 is 11.8 Å². The highest BCUT2D eigenvalue weighted by Crippen LogP contribution is 2.23. The fourth-order valence-corrected chi connectivity index (χ4v) is 2.41. The number of benzene rings is 1. The molecule has 1 heterocycles. The van der Waals surface area contributed by atoms with Gasteiger partial charge in [0.05, 0.1) is 5.52 Å². The first-order chi connectivity index (χ1) is 8.81. The van der Waals surface area contributed by atoms with Crippen LogP contribution in [0.25, 0.3) is 10.9 Å². The van der Waals surface area contributed by atoms with E-state index in [4.69, 9.17) is 5.73 Å². The van der Waals surface area contributed by atoms with Crippen LogP contribution in [-0.2, 0) is 0 Å². The number of aromatic nitrogens is 1. The van der Waals surface area contributed by atoms with E-state index in [0.717, 1.165) is 28.8 Å². The van der Waals surface area contributed by atoms with Crippen LogP contribution in [0.3, 0.4) is 0 Å². The lowest BCUT2D eigenvalue weighted by Gasteiger charge is -2.09. The molecule has 0 aliphatic heterocycles. The molecule has 0 unspecified atom stereocenters. The van der Waals surface area contributed by atoms with Crippen LogP contribution in [0.1, 0.15) is 12.8 Å². The third kappa shape index (κ3) is 3.29. The highest BCUT2D eigenvalue weighted by molar-refractivity contribution is 7.98. The Bertz CT molecular complexity index is 513. The van der Waals surface area contributed by atoms with Gasteiger partial charge in [-0.25, -0.2) is 0 Å². The number of thioether (sulfide) groups is 1. The average molecular weight is 261 g/mol. The van der Waals surface area contributed by atoms with Gasteiger partial charge in [-0.15, -0.1) is 0 Å². The summed E-state index contributed by atoms with van der Waals surface area (Å²) in [6.45, 7) is 1.00. The molecule has 0 aliphatic carbocycles. The van der Waals surface area contributed by atoms with Gasteiger partial charge in [0.25, 0.3) is 0 Å². The third-order valence-electron chi connectivity index (χ3n) is 2.86. The van der Waals surface area contributed by atoms with Gasteiger partial charge in [0.1, 0.15) is 0 Å². The average Bonchev–Trinajstić information content (AvgIpc) is 2.38. The minimum absolute atomic E-state index is 0.757. The molecule has 0 fully saturated rings. The second-order valence-electron chi connectivity index (χ2n) is 4.26. The van der Waals surface area contributed by atoms with Crippen LogP contribution in [-0.4, -0.2) is 23.5 Å². The smallest absolute Gasteiger partial charge is 0.0743 e. The van der Waals surface area contributed by atoms with Gasteiger partial charge in [0, 0.05) is 29.5 Å². The summed E-state index contributed by atoms with van der Waals surface area (Å²) in [5.74, 6) is 1.23. The first-order valence-corrected chi connectivity index (χ1v) is 7.57. The fourth-order valence-electron chi connectivity index (χ4n) is 1.91. The van der Waals surface area contributed by atoms with Gasteiger partial charge in [-0.1, -0.05) is 0 Å². The number of nitrogens with two attached hydrogens (primary N) is 1. The normalized spacial score (nSPS) is 10.7. The summed E-state index contributed by atoms with van der Waals surface area (Å²) in [4.78, 5) is 4.34. The Kier molecular flexibility index (Phi) is 4.70. The lowest BCUT2D eigenvalue weighted by Crippen LogP contribution is -2.02. The first-order valence-electron chi connectivity index (χ1n) is 6.18. The summed E-state index contributed by atoms with van der Waals surface area (Å²) in [7, 11) is 0. The van der Waals surface area contributed by atoms with Crippen molar-refractivity contribution in [2.24, 2.45) is 0 Å². The standard InChI is InChI=1S/C14H19N3S/c1-18-9-3-2-7-16-13-6-8-17-14-10-11(15)4-5-12(13)14/h4-6,8,10H,2-3,7,9,15H2,1H3,(H,16,17). The summed E-state index contributed by atoms with van der Waals surface area (Å²) in [5.41, 5.74) is 8.61. The second kappa shape index (κ2) is 6.50. The van der Waals surface area contributed by atoms with Gasteiger partial charge in [0.2, 0.25) is 0 Å². The predicted molar refractivity (Wildman–Crippen MR) is 82.3 cm³/mol. The van der Waals surface area contributed by atoms with E-state index in [2.05, 4.69) is 16.6 Å². The summed E-state index contributed by atoms with van der Waals surface area (Å²) >= 11 is 1.90. The molecule has 0 spiro atoms. The fraction of sp³-hybridized carbons (Fsp3) is 0.357. The number of unbranched alkanes of at least 4 members (excludes halogenated alkanes) is 1. The number of nitrogens with one attached hydrogen (secondary N) is 1. The maximum absolute atomic E-state index is 5.77. The molecule has 18 heavy (non-hydrogen) atoms. The summed E-state index contributed by atoms with van der Waals surface area (Å²) in [5, 5.41) is 4.61. The Balaban J connectivity index is 2.04. The molecule has 1 aromatic carbocycles. The molecule has 0 aliphatic rings. The van der Waals surface area contributed by atoms with Crippen LogP contribution < -0.4 is 11.1 Å². The van der Waals surface area contributed by atoms with Crippen molar-refractivity contribution < 1.29 is 0 Å². The molecule has 3 nitrogen and oxygen atoms in total. The quantitative estimate of drug-likeness (QED) is 0.618. The molecular formula is C14H19N3S. The molecule has 3 N–H and O–H groups in total. The molecule has 2 aromatic rings. The monoisotopic (exact) mass is 261 g/mol. The van der Waals surface area contributed by atoms with Crippen LogP contribution in [0.15, 0.2) is 30.5 Å². The number of anilines is 2. The number of hydrogen-bond acceptors (Lipinski definition) is 4. The van der Waals surface area contributed by atoms with Crippen molar-refractivity contribution in [2.75, 3.05) is 29.6 Å². The van der Waals surface area contributed by atoms with E-state index < -0.39 is 0 Å². The Labute approximate surface area is 112 Å². The zero-order valence-corrected chi connectivity index (χ0v) is 11.5. The van der Waals surface area contributed by atoms with Gasteiger partial charge in [0.15, 0.2) is 0 Å². The summed E-state index contributed by atoms with van der Waals surface area (Å²) < 4.78 is 0. The van der Waals surface area contributed by atoms with Crippen molar-refractivity contribution in [3.8, 4) is 0 Å². The summed E-state index contributed by atoms with van der Waals surface area (Å²) in [6.07, 6.45) is 6.42. The third-order valence-corrected chi connectivity index (χ3v) is 3.55. The van der Waals surface area contributed by atoms with Crippen molar-refractivity contribution in [1.29, 1.82) is 0 Å². The number of hydrogen-bond donors (Lipinski definition) is 2. The van der Waals surface area contributed by atoms with Crippen molar-refractivity contribution in [2.45, 2.75) is 12.8 Å². The van der Waals surface area contributed by atoms with Crippen LogP contribution in [0.4, 0.5) is 11.4 Å². The minimum Gasteiger partial charge on any atom is -0.399 e. The molecule has 0 amide bonds. The highest BCUT2D eigenvalue weighted by atomic mass is 32.2. The first kappa shape index (κ1) is 13.0. The Hall–Kier alpha value is -1.42. The van der Waals surface area contributed by atoms with Gasteiger partial charge in [-0.05, 0) is 49.1 Å². The molecule has 4 heteroatoms. The molecule has 0 atom stereocenters. The van der Waals surface area contributed by atoms with E-state index in [9.17, 15) is 0 Å². The zero-order chi connectivity index (χ0) is 12.8. The Morgan fingerprint density at radius 3 is 3.00 bits per heavy atom. The molecule has 0 radical (unpaired) electrons. The number of nitrogens with zero attached hydrogens (tertiary/aromatic N) is 1. The molecule has 0 saturated heterocycles. The molecule has 0 bridgehead atoms. The van der Waals surface area contributed by atoms with Crippen LogP contribution in [0.5, 0.6) is 0 Å². The van der Waals surface area contributed by atoms with Crippen molar-refractivity contribution >= 4 is 34.0 Å². The Morgan fingerprint density at radius 1 is 1.28 bits per heavy atom. The van der Waals surface area contributed by atoms with E-state index in [1.165, 1.54) is 18.6 Å². The Morgan fingerprint density at radius 2 is 2.17 bits per heavy atom. The van der Waals surface area contributed by atoms with Crippen molar-refractivity contribution in [1.82, 2.24) is 4.98 Å². The lowest BCUT2D eigenvalue weighted by atomic mass is 10.1. The largest absolute Gasteiger partial charge is 0.399 e. The maximum atomic E-state index is 5.77. The van der Waals surface area contributed by atoms with E-state index in [1.807, 2.05) is 42.2 Å². The molecular weight excluding hydrogens is 242 g/mol. The SMILES string of the molecule is CSCCCCNc1ccnc2cc(N)ccc12. The van der Waals surface area contributed by atoms with Crippen LogP contribution in [0.2, 0.25) is 0 Å². The maximum Gasteiger partial charge on any atom is 0.0743 e. The molecule has 2 rings (SSSR count). The van der Waals surface area contributed by atoms with Crippen LogP contribution in [0, 0.1) is 0 Å². The highest BCUT2D eigenvalue weighted by Gasteiger charge is 2.01. The zero-order valence-electron chi connectivity index (χ0n) is 10.6. The number of rotatable bonds is 6. The molecule has 1 aromatic heterocycles. The molecule has 96 valence electrons. The van der Waals surface area contributed by atoms with Crippen molar-refractivity contribution in [3.63, 3.8) is 0 Å². The van der Waals surface area contributed by atoms with Gasteiger partial charge < -0.3 is 11.1 Å². The summed E-state index contributed by atoms with van der Waals surface area (Å²) in [6, 6.07) is 7.88.